The lowest BCUT2D eigenvalue weighted by Gasteiger charge is -2.08. The smallest absolute Gasteiger partial charge is 0.202 e. The van der Waals surface area contributed by atoms with E-state index in [9.17, 15) is 4.79 Å². The van der Waals surface area contributed by atoms with Gasteiger partial charge in [0.05, 0.1) is 6.04 Å². The van der Waals surface area contributed by atoms with Gasteiger partial charge in [0.15, 0.2) is 0 Å². The highest BCUT2D eigenvalue weighted by atomic mass is 32.1. The third kappa shape index (κ3) is 3.16. The molecule has 0 aliphatic rings. The Morgan fingerprint density at radius 3 is 2.71 bits per heavy atom. The van der Waals surface area contributed by atoms with E-state index in [0.29, 0.717) is 6.42 Å². The SMILES string of the molecule is Cc1ccccc1CC[C@H](N)C(=O)S. The molecular formula is C11H15NOS. The highest BCUT2D eigenvalue weighted by molar-refractivity contribution is 7.96. The van der Waals surface area contributed by atoms with Gasteiger partial charge in [-0.3, -0.25) is 4.79 Å². The van der Waals surface area contributed by atoms with E-state index >= 15 is 0 Å². The average Bonchev–Trinajstić information content (AvgIpc) is 2.16. The second-order valence-electron chi connectivity index (χ2n) is 3.41. The molecular weight excluding hydrogens is 194 g/mol. The Bertz CT molecular complexity index is 325. The zero-order chi connectivity index (χ0) is 10.6. The van der Waals surface area contributed by atoms with Crippen LogP contribution >= 0.6 is 12.6 Å². The molecule has 14 heavy (non-hydrogen) atoms. The number of nitrogens with two attached hydrogens (primary N) is 1. The summed E-state index contributed by atoms with van der Waals surface area (Å²) in [6.45, 7) is 2.06. The molecule has 0 heterocycles. The molecule has 0 aromatic heterocycles. The Morgan fingerprint density at radius 2 is 2.14 bits per heavy atom. The van der Waals surface area contributed by atoms with Crippen molar-refractivity contribution in [2.75, 3.05) is 0 Å². The summed E-state index contributed by atoms with van der Waals surface area (Å²) in [7, 11) is 0. The molecule has 0 aliphatic heterocycles. The van der Waals surface area contributed by atoms with Gasteiger partial charge in [-0.05, 0) is 30.9 Å². The van der Waals surface area contributed by atoms with Gasteiger partial charge in [0.25, 0.3) is 0 Å². The standard InChI is InChI=1S/C11H15NOS/c1-8-4-2-3-5-9(8)6-7-10(12)11(13)14/h2-5,10H,6-7,12H2,1H3,(H,13,14)/t10-/m0/s1. The molecule has 0 bridgehead atoms. The number of benzene rings is 1. The summed E-state index contributed by atoms with van der Waals surface area (Å²) in [6, 6.07) is 7.67. The van der Waals surface area contributed by atoms with Crippen molar-refractivity contribution in [1.29, 1.82) is 0 Å². The number of hydrogen-bond acceptors (Lipinski definition) is 2. The summed E-state index contributed by atoms with van der Waals surface area (Å²) in [4.78, 5) is 10.8. The molecule has 76 valence electrons. The van der Waals surface area contributed by atoms with E-state index in [1.54, 1.807) is 0 Å². The van der Waals surface area contributed by atoms with E-state index in [1.165, 1.54) is 11.1 Å². The summed E-state index contributed by atoms with van der Waals surface area (Å²) >= 11 is 3.70. The summed E-state index contributed by atoms with van der Waals surface area (Å²) in [5, 5.41) is -0.237. The first-order valence-electron chi connectivity index (χ1n) is 4.64. The molecule has 2 N–H and O–H groups in total. The van der Waals surface area contributed by atoms with Crippen LogP contribution in [-0.4, -0.2) is 11.2 Å². The van der Waals surface area contributed by atoms with E-state index in [0.717, 1.165) is 6.42 Å². The molecule has 0 radical (unpaired) electrons. The zero-order valence-electron chi connectivity index (χ0n) is 8.23. The lowest BCUT2D eigenvalue weighted by atomic mass is 10.0. The van der Waals surface area contributed by atoms with E-state index < -0.39 is 6.04 Å². The van der Waals surface area contributed by atoms with Gasteiger partial charge < -0.3 is 5.73 Å². The summed E-state index contributed by atoms with van der Waals surface area (Å²) in [5.74, 6) is 0. The second-order valence-corrected chi connectivity index (χ2v) is 3.85. The van der Waals surface area contributed by atoms with Crippen molar-refractivity contribution in [2.45, 2.75) is 25.8 Å². The first-order chi connectivity index (χ1) is 6.61. The molecule has 0 unspecified atom stereocenters. The average molecular weight is 209 g/mol. The van der Waals surface area contributed by atoms with Gasteiger partial charge in [-0.15, -0.1) is 12.6 Å². The van der Waals surface area contributed by atoms with Gasteiger partial charge in [0.2, 0.25) is 5.12 Å². The van der Waals surface area contributed by atoms with Crippen molar-refractivity contribution in [2.24, 2.45) is 5.73 Å². The fourth-order valence-corrected chi connectivity index (χ4v) is 1.45. The largest absolute Gasteiger partial charge is 0.321 e. The van der Waals surface area contributed by atoms with Gasteiger partial charge in [-0.25, -0.2) is 0 Å². The first kappa shape index (κ1) is 11.3. The Hall–Kier alpha value is -0.800. The highest BCUT2D eigenvalue weighted by Gasteiger charge is 2.09. The molecule has 1 rings (SSSR count). The lowest BCUT2D eigenvalue weighted by molar-refractivity contribution is -0.112. The van der Waals surface area contributed by atoms with Crippen LogP contribution in [0.2, 0.25) is 0 Å². The van der Waals surface area contributed by atoms with E-state index in [-0.39, 0.29) is 5.12 Å². The minimum Gasteiger partial charge on any atom is -0.321 e. The molecule has 2 nitrogen and oxygen atoms in total. The highest BCUT2D eigenvalue weighted by Crippen LogP contribution is 2.10. The van der Waals surface area contributed by atoms with E-state index in [2.05, 4.69) is 31.7 Å². The lowest BCUT2D eigenvalue weighted by Crippen LogP contribution is -2.27. The predicted molar refractivity (Wildman–Crippen MR) is 61.5 cm³/mol. The van der Waals surface area contributed by atoms with Crippen LogP contribution in [0.1, 0.15) is 17.5 Å². The summed E-state index contributed by atoms with van der Waals surface area (Å²) in [5.41, 5.74) is 8.08. The van der Waals surface area contributed by atoms with Crippen LogP contribution in [0, 0.1) is 6.92 Å². The Kier molecular flexibility index (Phi) is 4.17. The minimum atomic E-state index is -0.446. The van der Waals surface area contributed by atoms with Gasteiger partial charge in [-0.2, -0.15) is 0 Å². The van der Waals surface area contributed by atoms with Crippen molar-refractivity contribution in [3.8, 4) is 0 Å². The number of rotatable bonds is 4. The fraction of sp³-hybridized carbons (Fsp3) is 0.364. The maximum Gasteiger partial charge on any atom is 0.202 e. The molecule has 0 amide bonds. The fourth-order valence-electron chi connectivity index (χ4n) is 1.33. The number of thiol groups is 1. The topological polar surface area (TPSA) is 43.1 Å². The molecule has 0 saturated carbocycles. The van der Waals surface area contributed by atoms with E-state index in [4.69, 9.17) is 5.73 Å². The quantitative estimate of drug-likeness (QED) is 0.741. The summed E-state index contributed by atoms with van der Waals surface area (Å²) in [6.07, 6.45) is 1.49. The van der Waals surface area contributed by atoms with Crippen molar-refractivity contribution in [3.63, 3.8) is 0 Å². The second kappa shape index (κ2) is 5.17. The monoisotopic (exact) mass is 209 g/mol. The van der Waals surface area contributed by atoms with Crippen molar-refractivity contribution >= 4 is 17.7 Å². The van der Waals surface area contributed by atoms with Crippen LogP contribution in [0.25, 0.3) is 0 Å². The van der Waals surface area contributed by atoms with Gasteiger partial charge >= 0.3 is 0 Å². The minimum absolute atomic E-state index is 0.237. The van der Waals surface area contributed by atoms with Crippen LogP contribution in [-0.2, 0) is 11.2 Å². The van der Waals surface area contributed by atoms with Crippen molar-refractivity contribution in [3.05, 3.63) is 35.4 Å². The van der Waals surface area contributed by atoms with Gasteiger partial charge in [0.1, 0.15) is 0 Å². The third-order valence-corrected chi connectivity index (χ3v) is 2.63. The van der Waals surface area contributed by atoms with Gasteiger partial charge in [-0.1, -0.05) is 24.3 Å². The first-order valence-corrected chi connectivity index (χ1v) is 5.09. The van der Waals surface area contributed by atoms with Crippen LogP contribution < -0.4 is 5.73 Å². The van der Waals surface area contributed by atoms with Gasteiger partial charge in [0, 0.05) is 0 Å². The molecule has 3 heteroatoms. The maximum atomic E-state index is 10.8. The third-order valence-electron chi connectivity index (χ3n) is 2.30. The molecule has 1 aromatic rings. The molecule has 1 atom stereocenters. The van der Waals surface area contributed by atoms with Crippen LogP contribution in [0.15, 0.2) is 24.3 Å². The maximum absolute atomic E-state index is 10.8. The number of hydrogen-bond donors (Lipinski definition) is 2. The Labute approximate surface area is 89.9 Å². The van der Waals surface area contributed by atoms with E-state index in [1.807, 2.05) is 12.1 Å². The molecule has 0 fully saturated rings. The Balaban J connectivity index is 2.54. The number of aryl methyl sites for hydroxylation is 2. The number of carbonyl (C=O) groups excluding carboxylic acids is 1. The zero-order valence-corrected chi connectivity index (χ0v) is 9.13. The molecule has 0 aliphatic carbocycles. The predicted octanol–water partition coefficient (Wildman–Crippen LogP) is 1.71. The molecule has 1 aromatic carbocycles. The van der Waals surface area contributed by atoms with Crippen molar-refractivity contribution in [1.82, 2.24) is 0 Å². The molecule has 0 spiro atoms. The van der Waals surface area contributed by atoms with Crippen LogP contribution in [0.5, 0.6) is 0 Å². The van der Waals surface area contributed by atoms with Crippen molar-refractivity contribution < 1.29 is 4.79 Å². The molecule has 0 saturated heterocycles. The van der Waals surface area contributed by atoms with Crippen LogP contribution in [0.3, 0.4) is 0 Å². The number of carbonyl (C=O) groups is 1. The van der Waals surface area contributed by atoms with Crippen LogP contribution in [0.4, 0.5) is 0 Å². The Morgan fingerprint density at radius 1 is 1.50 bits per heavy atom. The summed E-state index contributed by atoms with van der Waals surface area (Å²) < 4.78 is 0. The normalized spacial score (nSPS) is 12.5.